The maximum atomic E-state index is 11.5. The summed E-state index contributed by atoms with van der Waals surface area (Å²) in [6, 6.07) is 0. The van der Waals surface area contributed by atoms with Crippen LogP contribution in [-0.2, 0) is 28.5 Å². The first-order valence-corrected chi connectivity index (χ1v) is 9.37. The lowest BCUT2D eigenvalue weighted by molar-refractivity contribution is -0.343. The summed E-state index contributed by atoms with van der Waals surface area (Å²) in [5.74, 6) is -3.34. The van der Waals surface area contributed by atoms with Gasteiger partial charge in [0.05, 0.1) is 24.5 Å². The van der Waals surface area contributed by atoms with Gasteiger partial charge >= 0.3 is 11.9 Å². The quantitative estimate of drug-likeness (QED) is 0.323. The molecule has 1 aliphatic carbocycles. The van der Waals surface area contributed by atoms with Crippen LogP contribution in [0.25, 0.3) is 0 Å². The third-order valence-electron chi connectivity index (χ3n) is 5.86. The largest absolute Gasteiger partial charge is 0.478 e. The molecule has 3 rings (SSSR count). The Balaban J connectivity index is 1.82. The lowest BCUT2D eigenvalue weighted by atomic mass is 9.83. The molecule has 0 aromatic heterocycles. The second kappa shape index (κ2) is 8.54. The van der Waals surface area contributed by atoms with Crippen molar-refractivity contribution in [2.45, 2.75) is 63.4 Å². The number of esters is 1. The Labute approximate surface area is 166 Å². The average molecular weight is 418 g/mol. The van der Waals surface area contributed by atoms with Gasteiger partial charge in [0.25, 0.3) is 0 Å². The lowest BCUT2D eigenvalue weighted by Gasteiger charge is -2.43. The molecule has 0 aromatic carbocycles. The van der Waals surface area contributed by atoms with E-state index in [-0.39, 0.29) is 17.9 Å². The van der Waals surface area contributed by atoms with E-state index in [2.05, 4.69) is 0 Å². The monoisotopic (exact) mass is 418 g/mol. The van der Waals surface area contributed by atoms with Crippen molar-refractivity contribution in [1.29, 1.82) is 0 Å². The van der Waals surface area contributed by atoms with Gasteiger partial charge in [0.15, 0.2) is 12.4 Å². The van der Waals surface area contributed by atoms with E-state index in [1.54, 1.807) is 6.92 Å². The van der Waals surface area contributed by atoms with Gasteiger partial charge in [-0.2, -0.15) is 0 Å². The van der Waals surface area contributed by atoms with Gasteiger partial charge in [0.2, 0.25) is 6.29 Å². The van der Waals surface area contributed by atoms with Crippen molar-refractivity contribution < 1.29 is 54.1 Å². The molecule has 2 fully saturated rings. The van der Waals surface area contributed by atoms with Crippen LogP contribution in [0.1, 0.15) is 20.3 Å². The fourth-order valence-electron chi connectivity index (χ4n) is 4.31. The molecular weight excluding hydrogens is 392 g/mol. The van der Waals surface area contributed by atoms with Crippen molar-refractivity contribution in [3.63, 3.8) is 0 Å². The maximum absolute atomic E-state index is 11.5. The number of fused-ring (bicyclic) bond motifs is 1. The highest BCUT2D eigenvalue weighted by Crippen LogP contribution is 2.47. The Morgan fingerprint density at radius 2 is 1.90 bits per heavy atom. The summed E-state index contributed by atoms with van der Waals surface area (Å²) in [6.07, 6.45) is -7.67. The molecular formula is C18H26O11. The Kier molecular flexibility index (Phi) is 6.46. The number of ether oxygens (including phenoxy) is 4. The second-order valence-corrected chi connectivity index (χ2v) is 7.65. The zero-order chi connectivity index (χ0) is 21.5. The number of aliphatic carboxylic acids is 1. The summed E-state index contributed by atoms with van der Waals surface area (Å²) in [5.41, 5.74) is 0.0183. The fraction of sp³-hybridized carbons (Fsp3) is 0.778. The standard InChI is InChI=1S/C18H26O11/c1-6-10(21)3-8-9(16(24)25)5-26-17(12(6)8)29-18-14(23)15(27-7(2)20)13(22)11(4-19)28-18/h5-6,8,10-15,17-19,21-23H,3-4H2,1-2H3,(H,24,25)/t6-,8+,10-,11+,12+,13+,14+,15-,17-,18-/m0/s1. The van der Waals surface area contributed by atoms with Gasteiger partial charge in [-0.1, -0.05) is 6.92 Å². The first kappa shape index (κ1) is 21.9. The van der Waals surface area contributed by atoms with Gasteiger partial charge in [0, 0.05) is 18.8 Å². The van der Waals surface area contributed by atoms with E-state index >= 15 is 0 Å². The van der Waals surface area contributed by atoms with Crippen molar-refractivity contribution in [2.75, 3.05) is 6.61 Å². The molecule has 0 unspecified atom stereocenters. The van der Waals surface area contributed by atoms with Crippen molar-refractivity contribution in [2.24, 2.45) is 17.8 Å². The first-order chi connectivity index (χ1) is 13.6. The zero-order valence-corrected chi connectivity index (χ0v) is 16.0. The fourth-order valence-corrected chi connectivity index (χ4v) is 4.31. The second-order valence-electron chi connectivity index (χ2n) is 7.65. The van der Waals surface area contributed by atoms with Gasteiger partial charge in [-0.3, -0.25) is 4.79 Å². The Morgan fingerprint density at radius 3 is 2.48 bits per heavy atom. The van der Waals surface area contributed by atoms with Crippen LogP contribution < -0.4 is 0 Å². The van der Waals surface area contributed by atoms with Gasteiger partial charge < -0.3 is 44.5 Å². The molecule has 0 aromatic rings. The molecule has 5 N–H and O–H groups in total. The highest BCUT2D eigenvalue weighted by Gasteiger charge is 2.53. The summed E-state index contributed by atoms with van der Waals surface area (Å²) in [4.78, 5) is 22.8. The predicted octanol–water partition coefficient (Wildman–Crippen LogP) is -1.67. The Hall–Kier alpha value is -1.76. The van der Waals surface area contributed by atoms with E-state index in [0.29, 0.717) is 0 Å². The zero-order valence-electron chi connectivity index (χ0n) is 16.0. The van der Waals surface area contributed by atoms with E-state index in [4.69, 9.17) is 18.9 Å². The molecule has 1 saturated carbocycles. The number of aliphatic hydroxyl groups excluding tert-OH is 4. The van der Waals surface area contributed by atoms with Crippen LogP contribution in [0.2, 0.25) is 0 Å². The van der Waals surface area contributed by atoms with Crippen LogP contribution in [0, 0.1) is 17.8 Å². The molecule has 1 saturated heterocycles. The van der Waals surface area contributed by atoms with Gasteiger partial charge in [-0.15, -0.1) is 0 Å². The molecule has 164 valence electrons. The molecule has 3 aliphatic rings. The van der Waals surface area contributed by atoms with Crippen LogP contribution in [0.3, 0.4) is 0 Å². The number of hydrogen-bond acceptors (Lipinski definition) is 10. The molecule has 0 spiro atoms. The molecule has 0 bridgehead atoms. The third kappa shape index (κ3) is 4.11. The van der Waals surface area contributed by atoms with Crippen molar-refractivity contribution in [3.05, 3.63) is 11.8 Å². The van der Waals surface area contributed by atoms with Crippen LogP contribution in [0.5, 0.6) is 0 Å². The predicted molar refractivity (Wildman–Crippen MR) is 91.8 cm³/mol. The normalized spacial score (nSPS) is 44.4. The molecule has 11 heteroatoms. The van der Waals surface area contributed by atoms with E-state index in [9.17, 15) is 35.1 Å². The van der Waals surface area contributed by atoms with E-state index < -0.39 is 73.5 Å². The Bertz CT molecular complexity index is 664. The summed E-state index contributed by atoms with van der Waals surface area (Å²) in [5, 5.41) is 49.7. The number of rotatable bonds is 5. The minimum Gasteiger partial charge on any atom is -0.478 e. The molecule has 11 nitrogen and oxygen atoms in total. The Morgan fingerprint density at radius 1 is 1.21 bits per heavy atom. The number of aliphatic hydroxyl groups is 4. The number of carbonyl (C=O) groups is 2. The summed E-state index contributed by atoms with van der Waals surface area (Å²) < 4.78 is 21.6. The maximum Gasteiger partial charge on any atom is 0.334 e. The third-order valence-corrected chi connectivity index (χ3v) is 5.86. The van der Waals surface area contributed by atoms with Crippen molar-refractivity contribution in [1.82, 2.24) is 0 Å². The van der Waals surface area contributed by atoms with Crippen molar-refractivity contribution in [3.8, 4) is 0 Å². The van der Waals surface area contributed by atoms with Gasteiger partial charge in [0.1, 0.15) is 18.3 Å². The van der Waals surface area contributed by atoms with Crippen LogP contribution in [-0.4, -0.2) is 87.2 Å². The number of carbonyl (C=O) groups excluding carboxylic acids is 1. The first-order valence-electron chi connectivity index (χ1n) is 9.37. The smallest absolute Gasteiger partial charge is 0.334 e. The van der Waals surface area contributed by atoms with E-state index in [1.165, 1.54) is 0 Å². The number of carboxylic acid groups (broad SMARTS) is 1. The number of carboxylic acids is 1. The molecule has 2 heterocycles. The minimum atomic E-state index is -1.59. The highest BCUT2D eigenvalue weighted by atomic mass is 16.8. The highest BCUT2D eigenvalue weighted by molar-refractivity contribution is 5.87. The van der Waals surface area contributed by atoms with Gasteiger partial charge in [-0.05, 0) is 12.3 Å². The van der Waals surface area contributed by atoms with Crippen LogP contribution in [0.4, 0.5) is 0 Å². The average Bonchev–Trinajstić information content (AvgIpc) is 2.95. The summed E-state index contributed by atoms with van der Waals surface area (Å²) >= 11 is 0. The minimum absolute atomic E-state index is 0.0183. The number of hydrogen-bond donors (Lipinski definition) is 5. The molecule has 10 atom stereocenters. The molecule has 0 radical (unpaired) electrons. The molecule has 0 amide bonds. The SMILES string of the molecule is CC(=O)O[C@@H]1[C@@H](O)[C@H](O[C@@H]2OC=C(C(=O)O)[C@H]3C[C@H](O)[C@H](C)[C@@H]23)O[C@H](CO)[C@H]1O. The summed E-state index contributed by atoms with van der Waals surface area (Å²) in [6.45, 7) is 2.22. The summed E-state index contributed by atoms with van der Waals surface area (Å²) in [7, 11) is 0. The lowest BCUT2D eigenvalue weighted by Crippen LogP contribution is -2.61. The van der Waals surface area contributed by atoms with Crippen LogP contribution >= 0.6 is 0 Å². The van der Waals surface area contributed by atoms with E-state index in [1.807, 2.05) is 0 Å². The topological polar surface area (TPSA) is 172 Å². The molecule has 2 aliphatic heterocycles. The molecule has 29 heavy (non-hydrogen) atoms. The van der Waals surface area contributed by atoms with Crippen LogP contribution in [0.15, 0.2) is 11.8 Å². The van der Waals surface area contributed by atoms with E-state index in [0.717, 1.165) is 13.2 Å². The van der Waals surface area contributed by atoms with Crippen molar-refractivity contribution >= 4 is 11.9 Å². The van der Waals surface area contributed by atoms with Gasteiger partial charge in [-0.25, -0.2) is 4.79 Å².